The lowest BCUT2D eigenvalue weighted by Gasteiger charge is -2.41. The number of rotatable bonds is 8. The van der Waals surface area contributed by atoms with E-state index in [9.17, 15) is 5.11 Å². The fourth-order valence-electron chi connectivity index (χ4n) is 3.80. The van der Waals surface area contributed by atoms with Crippen LogP contribution in [-0.2, 0) is 20.1 Å². The quantitative estimate of drug-likeness (QED) is 0.585. The van der Waals surface area contributed by atoms with Gasteiger partial charge in [-0.05, 0) is 49.4 Å². The molecule has 0 aliphatic carbocycles. The summed E-state index contributed by atoms with van der Waals surface area (Å²) in [5, 5.41) is 19.2. The average molecular weight is 429 g/mol. The number of pyridine rings is 1. The largest absolute Gasteiger partial charge is 0.453 e. The summed E-state index contributed by atoms with van der Waals surface area (Å²) in [7, 11) is 1.92. The number of furan rings is 1. The molecule has 0 spiro atoms. The molecule has 0 aromatic carbocycles. The Labute approximate surface area is 180 Å². The van der Waals surface area contributed by atoms with E-state index in [2.05, 4.69) is 37.1 Å². The van der Waals surface area contributed by atoms with Gasteiger partial charge in [-0.3, -0.25) is 14.8 Å². The summed E-state index contributed by atoms with van der Waals surface area (Å²) in [6.45, 7) is 6.60. The lowest BCUT2D eigenvalue weighted by atomic mass is 10.1. The van der Waals surface area contributed by atoms with Crippen LogP contribution in [0.5, 0.6) is 0 Å². The Bertz CT molecular complexity index is 958. The first-order valence-electron chi connectivity index (χ1n) is 10.2. The summed E-state index contributed by atoms with van der Waals surface area (Å²) in [6.07, 6.45) is 2.44. The molecule has 0 saturated carbocycles. The van der Waals surface area contributed by atoms with Crippen LogP contribution in [0.4, 0.5) is 0 Å². The van der Waals surface area contributed by atoms with Crippen LogP contribution in [0.15, 0.2) is 51.3 Å². The first-order chi connectivity index (χ1) is 14.6. The van der Waals surface area contributed by atoms with Crippen molar-refractivity contribution < 1.29 is 9.52 Å². The third kappa shape index (κ3) is 5.28. The number of aliphatic hydroxyl groups excluding tert-OH is 1. The van der Waals surface area contributed by atoms with E-state index >= 15 is 0 Å². The van der Waals surface area contributed by atoms with Crippen LogP contribution in [0.2, 0.25) is 0 Å². The summed E-state index contributed by atoms with van der Waals surface area (Å²) in [5.41, 5.74) is 2.13. The van der Waals surface area contributed by atoms with Gasteiger partial charge in [0.1, 0.15) is 12.1 Å². The van der Waals surface area contributed by atoms with E-state index in [1.54, 1.807) is 6.33 Å². The molecule has 0 bridgehead atoms. The zero-order chi connectivity index (χ0) is 20.9. The Hall–Kier alpha value is -2.20. The molecule has 0 radical (unpaired) electrons. The van der Waals surface area contributed by atoms with Crippen molar-refractivity contribution >= 4 is 11.8 Å². The highest BCUT2D eigenvalue weighted by molar-refractivity contribution is 7.99. The Balaban J connectivity index is 1.35. The van der Waals surface area contributed by atoms with Crippen LogP contribution in [0.1, 0.15) is 23.6 Å². The number of hydrogen-bond acceptors (Lipinski definition) is 8. The second-order valence-corrected chi connectivity index (χ2v) is 8.66. The van der Waals surface area contributed by atoms with E-state index in [1.165, 1.54) is 11.8 Å². The first kappa shape index (κ1) is 21.0. The van der Waals surface area contributed by atoms with Gasteiger partial charge >= 0.3 is 0 Å². The topological polar surface area (TPSA) is 83.5 Å². The Kier molecular flexibility index (Phi) is 6.83. The number of aryl methyl sites for hydroxylation is 2. The van der Waals surface area contributed by atoms with Crippen LogP contribution in [0.25, 0.3) is 0 Å². The standard InChI is InChI=1S/C21H28N6O2S/c1-16-4-3-5-17(23-16)12-27-10-9-26(13-18(27)8-11-28)14-19-6-7-20(29-19)30-21-24-22-15-25(21)2/h3-7,15,18,28H,8-14H2,1-2H3/t18-/m0/s1. The van der Waals surface area contributed by atoms with Gasteiger partial charge in [0.2, 0.25) is 0 Å². The van der Waals surface area contributed by atoms with Crippen LogP contribution in [-0.4, -0.2) is 66.9 Å². The highest BCUT2D eigenvalue weighted by atomic mass is 32.2. The summed E-state index contributed by atoms with van der Waals surface area (Å²) < 4.78 is 7.88. The van der Waals surface area contributed by atoms with Crippen molar-refractivity contribution in [1.29, 1.82) is 0 Å². The predicted octanol–water partition coefficient (Wildman–Crippen LogP) is 2.33. The van der Waals surface area contributed by atoms with Gasteiger partial charge in [0, 0.05) is 51.6 Å². The first-order valence-corrected chi connectivity index (χ1v) is 11.0. The Morgan fingerprint density at radius 3 is 2.87 bits per heavy atom. The van der Waals surface area contributed by atoms with Crippen molar-refractivity contribution in [2.24, 2.45) is 7.05 Å². The monoisotopic (exact) mass is 428 g/mol. The fraction of sp³-hybridized carbons (Fsp3) is 0.476. The van der Waals surface area contributed by atoms with Gasteiger partial charge in [0.25, 0.3) is 0 Å². The molecular weight excluding hydrogens is 400 g/mol. The van der Waals surface area contributed by atoms with Crippen molar-refractivity contribution in [3.63, 3.8) is 0 Å². The molecule has 0 unspecified atom stereocenters. The minimum absolute atomic E-state index is 0.190. The average Bonchev–Trinajstić information content (AvgIpc) is 3.33. The molecule has 0 amide bonds. The van der Waals surface area contributed by atoms with E-state index in [0.717, 1.165) is 66.5 Å². The Morgan fingerprint density at radius 1 is 1.20 bits per heavy atom. The maximum absolute atomic E-state index is 9.58. The molecule has 1 N–H and O–H groups in total. The van der Waals surface area contributed by atoms with Gasteiger partial charge in [0.15, 0.2) is 10.2 Å². The maximum Gasteiger partial charge on any atom is 0.198 e. The molecule has 3 aromatic heterocycles. The normalized spacial score (nSPS) is 18.2. The van der Waals surface area contributed by atoms with Crippen LogP contribution in [0, 0.1) is 6.92 Å². The highest BCUT2D eigenvalue weighted by Crippen LogP contribution is 2.28. The third-order valence-electron chi connectivity index (χ3n) is 5.34. The molecule has 4 heterocycles. The van der Waals surface area contributed by atoms with E-state index in [-0.39, 0.29) is 6.61 Å². The number of nitrogens with zero attached hydrogens (tertiary/aromatic N) is 6. The maximum atomic E-state index is 9.58. The van der Waals surface area contributed by atoms with E-state index in [1.807, 2.05) is 36.7 Å². The molecule has 9 heteroatoms. The lowest BCUT2D eigenvalue weighted by Crippen LogP contribution is -2.52. The summed E-state index contributed by atoms with van der Waals surface area (Å²) >= 11 is 1.47. The van der Waals surface area contributed by atoms with Crippen molar-refractivity contribution in [1.82, 2.24) is 29.5 Å². The van der Waals surface area contributed by atoms with E-state index in [4.69, 9.17) is 4.42 Å². The predicted molar refractivity (Wildman–Crippen MR) is 114 cm³/mol. The number of hydrogen-bond donors (Lipinski definition) is 1. The molecule has 1 fully saturated rings. The molecular formula is C21H28N6O2S. The molecule has 160 valence electrons. The molecule has 3 aromatic rings. The second kappa shape index (κ2) is 9.74. The van der Waals surface area contributed by atoms with Crippen LogP contribution >= 0.6 is 11.8 Å². The van der Waals surface area contributed by atoms with Gasteiger partial charge in [-0.15, -0.1) is 10.2 Å². The van der Waals surface area contributed by atoms with Crippen molar-refractivity contribution in [3.8, 4) is 0 Å². The lowest BCUT2D eigenvalue weighted by molar-refractivity contribution is 0.0455. The van der Waals surface area contributed by atoms with Gasteiger partial charge < -0.3 is 14.1 Å². The van der Waals surface area contributed by atoms with Crippen LogP contribution in [0.3, 0.4) is 0 Å². The van der Waals surface area contributed by atoms with Crippen molar-refractivity contribution in [2.75, 3.05) is 26.2 Å². The third-order valence-corrected chi connectivity index (χ3v) is 6.31. The second-order valence-electron chi connectivity index (χ2n) is 7.69. The SMILES string of the molecule is Cc1cccc(CN2CCN(Cc3ccc(Sc4nncn4C)o3)C[C@@H]2CCO)n1. The molecule has 8 nitrogen and oxygen atoms in total. The zero-order valence-electron chi connectivity index (χ0n) is 17.4. The molecule has 30 heavy (non-hydrogen) atoms. The van der Waals surface area contributed by atoms with Gasteiger partial charge in [-0.2, -0.15) is 0 Å². The van der Waals surface area contributed by atoms with Gasteiger partial charge in [-0.25, -0.2) is 0 Å². The van der Waals surface area contributed by atoms with Gasteiger partial charge in [0.05, 0.1) is 12.2 Å². The Morgan fingerprint density at radius 2 is 2.10 bits per heavy atom. The summed E-state index contributed by atoms with van der Waals surface area (Å²) in [4.78, 5) is 9.48. The van der Waals surface area contributed by atoms with Crippen molar-refractivity contribution in [2.45, 2.75) is 42.7 Å². The van der Waals surface area contributed by atoms with E-state index < -0.39 is 0 Å². The molecule has 1 atom stereocenters. The minimum atomic E-state index is 0.190. The minimum Gasteiger partial charge on any atom is -0.453 e. The molecule has 1 aliphatic heterocycles. The smallest absolute Gasteiger partial charge is 0.198 e. The summed E-state index contributed by atoms with van der Waals surface area (Å²) in [6, 6.07) is 10.5. The van der Waals surface area contributed by atoms with Gasteiger partial charge in [-0.1, -0.05) is 6.07 Å². The molecule has 4 rings (SSSR count). The zero-order valence-corrected chi connectivity index (χ0v) is 18.3. The van der Waals surface area contributed by atoms with E-state index in [0.29, 0.717) is 6.04 Å². The number of aliphatic hydroxyl groups is 1. The van der Waals surface area contributed by atoms with Crippen LogP contribution < -0.4 is 0 Å². The highest BCUT2D eigenvalue weighted by Gasteiger charge is 2.27. The number of piperazine rings is 1. The molecule has 1 aliphatic rings. The fourth-order valence-corrected chi connectivity index (χ4v) is 4.54. The van der Waals surface area contributed by atoms with Crippen molar-refractivity contribution in [3.05, 3.63) is 53.8 Å². The summed E-state index contributed by atoms with van der Waals surface area (Å²) in [5.74, 6) is 0.941. The molecule has 1 saturated heterocycles. The number of aromatic nitrogens is 4.